The lowest BCUT2D eigenvalue weighted by Crippen LogP contribution is -2.49. The lowest BCUT2D eigenvalue weighted by Gasteiger charge is -2.22. The second kappa shape index (κ2) is 13.4. The average Bonchev–Trinajstić information content (AvgIpc) is 3.51. The lowest BCUT2D eigenvalue weighted by atomic mass is 9.95. The summed E-state index contributed by atoms with van der Waals surface area (Å²) >= 11 is 0. The van der Waals surface area contributed by atoms with Crippen LogP contribution in [0.1, 0.15) is 37.0 Å². The third-order valence-corrected chi connectivity index (χ3v) is 7.49. The Morgan fingerprint density at radius 2 is 1.52 bits per heavy atom. The van der Waals surface area contributed by atoms with E-state index in [1.54, 1.807) is 18.2 Å². The maximum absolute atomic E-state index is 13.1. The molecule has 10 heteroatoms. The van der Waals surface area contributed by atoms with Crippen LogP contribution in [-0.2, 0) is 19.2 Å². The van der Waals surface area contributed by atoms with Crippen molar-refractivity contribution in [3.05, 3.63) is 90.5 Å². The van der Waals surface area contributed by atoms with E-state index in [-0.39, 0.29) is 18.2 Å². The maximum Gasteiger partial charge on any atom is 0.305 e. The van der Waals surface area contributed by atoms with E-state index in [0.29, 0.717) is 17.0 Å². The van der Waals surface area contributed by atoms with Crippen molar-refractivity contribution < 1.29 is 33.9 Å². The van der Waals surface area contributed by atoms with E-state index >= 15 is 0 Å². The molecular formula is C34H33N3O7. The fraction of sp³-hybridized carbons (Fsp3) is 0.265. The summed E-state index contributed by atoms with van der Waals surface area (Å²) in [6.45, 7) is 3.40. The Bertz CT molecular complexity index is 1750. The Morgan fingerprint density at radius 1 is 0.886 bits per heavy atom. The van der Waals surface area contributed by atoms with Gasteiger partial charge < -0.3 is 25.3 Å². The summed E-state index contributed by atoms with van der Waals surface area (Å²) in [6, 6.07) is 24.4. The van der Waals surface area contributed by atoms with Crippen molar-refractivity contribution in [3.8, 4) is 5.75 Å². The zero-order valence-corrected chi connectivity index (χ0v) is 24.4. The Kier molecular flexibility index (Phi) is 9.18. The van der Waals surface area contributed by atoms with Gasteiger partial charge in [-0.1, -0.05) is 79.7 Å². The van der Waals surface area contributed by atoms with Gasteiger partial charge in [0, 0.05) is 12.0 Å². The van der Waals surface area contributed by atoms with Gasteiger partial charge in [0.15, 0.2) is 5.78 Å². The molecule has 2 amide bonds. The van der Waals surface area contributed by atoms with Gasteiger partial charge in [-0.3, -0.25) is 19.2 Å². The van der Waals surface area contributed by atoms with Crippen LogP contribution in [-0.4, -0.2) is 59.2 Å². The summed E-state index contributed by atoms with van der Waals surface area (Å²) < 4.78 is 5.63. The van der Waals surface area contributed by atoms with Gasteiger partial charge in [0.2, 0.25) is 6.10 Å². The van der Waals surface area contributed by atoms with Crippen LogP contribution in [0, 0.1) is 5.92 Å². The molecule has 0 aliphatic carbocycles. The molecule has 1 aliphatic rings. The van der Waals surface area contributed by atoms with E-state index in [0.717, 1.165) is 21.5 Å². The van der Waals surface area contributed by atoms with Gasteiger partial charge in [-0.05, 0) is 51.7 Å². The molecule has 0 bridgehead atoms. The van der Waals surface area contributed by atoms with Crippen molar-refractivity contribution in [2.45, 2.75) is 44.9 Å². The molecule has 226 valence electrons. The minimum Gasteiger partial charge on any atom is -0.486 e. The van der Waals surface area contributed by atoms with Crippen LogP contribution in [0.4, 0.5) is 0 Å². The van der Waals surface area contributed by atoms with Crippen molar-refractivity contribution in [1.82, 2.24) is 10.6 Å². The fourth-order valence-electron chi connectivity index (χ4n) is 5.11. The van der Waals surface area contributed by atoms with Gasteiger partial charge in [0.1, 0.15) is 18.4 Å². The number of ketones is 1. The number of rotatable bonds is 12. The van der Waals surface area contributed by atoms with Crippen LogP contribution < -0.4 is 15.4 Å². The molecule has 0 saturated heterocycles. The standard InChI is InChI=1S/C34H33N3O7/c1-20(2)32(36-33(41)25-12-11-21-7-3-5-9-23(21)15-25)28-17-30(44-37-28)34(42)35-27(18-31(39)40)29(38)19-43-26-14-13-22-8-4-6-10-24(22)16-26/h3-16,20,27,30,32H,17-19H2,1-2H3,(H,35,42)(H,36,41)(H,39,40). The Balaban J connectivity index is 1.19. The highest BCUT2D eigenvalue weighted by atomic mass is 16.6. The lowest BCUT2D eigenvalue weighted by molar-refractivity contribution is -0.141. The number of ether oxygens (including phenoxy) is 1. The first-order valence-electron chi connectivity index (χ1n) is 14.4. The number of nitrogens with zero attached hydrogens (tertiary/aromatic N) is 1. The summed E-state index contributed by atoms with van der Waals surface area (Å²) in [5.41, 5.74) is 0.958. The van der Waals surface area contributed by atoms with Gasteiger partial charge >= 0.3 is 5.97 Å². The van der Waals surface area contributed by atoms with E-state index in [1.165, 1.54) is 0 Å². The second-order valence-corrected chi connectivity index (χ2v) is 11.1. The smallest absolute Gasteiger partial charge is 0.305 e. The Hall–Kier alpha value is -5.25. The molecular weight excluding hydrogens is 562 g/mol. The number of hydrogen-bond acceptors (Lipinski definition) is 7. The highest BCUT2D eigenvalue weighted by molar-refractivity contribution is 6.03. The molecule has 0 fully saturated rings. The van der Waals surface area contributed by atoms with Crippen LogP contribution in [0.2, 0.25) is 0 Å². The first-order chi connectivity index (χ1) is 21.2. The molecule has 3 unspecified atom stereocenters. The Morgan fingerprint density at radius 3 is 2.18 bits per heavy atom. The van der Waals surface area contributed by atoms with Crippen LogP contribution in [0.5, 0.6) is 5.75 Å². The molecule has 0 spiro atoms. The Labute approximate surface area is 254 Å². The number of fused-ring (bicyclic) bond motifs is 2. The molecule has 0 radical (unpaired) electrons. The molecule has 0 saturated carbocycles. The molecule has 1 aliphatic heterocycles. The van der Waals surface area contributed by atoms with E-state index in [2.05, 4.69) is 15.8 Å². The third kappa shape index (κ3) is 7.20. The number of nitrogens with one attached hydrogen (secondary N) is 2. The van der Waals surface area contributed by atoms with Crippen molar-refractivity contribution >= 4 is 50.8 Å². The molecule has 4 aromatic carbocycles. The zero-order valence-electron chi connectivity index (χ0n) is 24.4. The summed E-state index contributed by atoms with van der Waals surface area (Å²) in [5, 5.41) is 22.9. The number of carbonyl (C=O) groups excluding carboxylic acids is 3. The van der Waals surface area contributed by atoms with Gasteiger partial charge in [-0.2, -0.15) is 0 Å². The van der Waals surface area contributed by atoms with Crippen molar-refractivity contribution in [1.29, 1.82) is 0 Å². The van der Waals surface area contributed by atoms with Gasteiger partial charge in [0.05, 0.1) is 18.2 Å². The SMILES string of the molecule is CC(C)C(NC(=O)c1ccc2ccccc2c1)C1=NOC(C(=O)NC(CC(=O)O)C(=O)COc2ccc3ccccc3c2)C1. The maximum atomic E-state index is 13.1. The second-order valence-electron chi connectivity index (χ2n) is 11.1. The molecule has 4 aromatic rings. The molecule has 3 N–H and O–H groups in total. The summed E-state index contributed by atoms with van der Waals surface area (Å²) in [5.74, 6) is -2.45. The van der Waals surface area contributed by atoms with Crippen molar-refractivity contribution in [2.24, 2.45) is 11.1 Å². The minimum absolute atomic E-state index is 0.0637. The number of hydrogen-bond donors (Lipinski definition) is 3. The summed E-state index contributed by atoms with van der Waals surface area (Å²) in [7, 11) is 0. The number of benzene rings is 4. The van der Waals surface area contributed by atoms with E-state index in [9.17, 15) is 24.3 Å². The first kappa shape index (κ1) is 30.2. The predicted molar refractivity (Wildman–Crippen MR) is 166 cm³/mol. The predicted octanol–water partition coefficient (Wildman–Crippen LogP) is 4.50. The van der Waals surface area contributed by atoms with Crippen LogP contribution in [0.25, 0.3) is 21.5 Å². The molecule has 0 aromatic heterocycles. The van der Waals surface area contributed by atoms with Crippen molar-refractivity contribution in [3.63, 3.8) is 0 Å². The zero-order chi connectivity index (χ0) is 31.2. The number of carbonyl (C=O) groups is 4. The van der Waals surface area contributed by atoms with E-state index < -0.39 is 48.9 Å². The third-order valence-electron chi connectivity index (χ3n) is 7.49. The van der Waals surface area contributed by atoms with Crippen LogP contribution in [0.15, 0.2) is 90.1 Å². The summed E-state index contributed by atoms with van der Waals surface area (Å²) in [4.78, 5) is 56.1. The number of aliphatic carboxylic acids is 1. The average molecular weight is 596 g/mol. The number of carboxylic acid groups (broad SMARTS) is 1. The largest absolute Gasteiger partial charge is 0.486 e. The van der Waals surface area contributed by atoms with Crippen LogP contribution in [0.3, 0.4) is 0 Å². The molecule has 10 nitrogen and oxygen atoms in total. The molecule has 1 heterocycles. The number of amides is 2. The first-order valence-corrected chi connectivity index (χ1v) is 14.4. The number of carboxylic acids is 1. The quantitative estimate of drug-likeness (QED) is 0.219. The van der Waals surface area contributed by atoms with Crippen molar-refractivity contribution in [2.75, 3.05) is 6.61 Å². The highest BCUT2D eigenvalue weighted by Crippen LogP contribution is 2.22. The van der Waals surface area contributed by atoms with Gasteiger partial charge in [0.25, 0.3) is 11.8 Å². The van der Waals surface area contributed by atoms with Crippen LogP contribution >= 0.6 is 0 Å². The normalized spacial score (nSPS) is 15.7. The van der Waals surface area contributed by atoms with E-state index in [1.807, 2.05) is 80.6 Å². The van der Waals surface area contributed by atoms with Gasteiger partial charge in [-0.15, -0.1) is 0 Å². The minimum atomic E-state index is -1.33. The molecule has 5 rings (SSSR count). The topological polar surface area (TPSA) is 143 Å². The highest BCUT2D eigenvalue weighted by Gasteiger charge is 2.36. The monoisotopic (exact) mass is 595 g/mol. The molecule has 44 heavy (non-hydrogen) atoms. The number of Topliss-reactive ketones (excluding diaryl/α,β-unsaturated/α-hetero) is 1. The number of oxime groups is 1. The van der Waals surface area contributed by atoms with E-state index in [4.69, 9.17) is 9.57 Å². The fourth-order valence-corrected chi connectivity index (χ4v) is 5.11. The molecule has 3 atom stereocenters. The van der Waals surface area contributed by atoms with Gasteiger partial charge in [-0.25, -0.2) is 0 Å². The summed E-state index contributed by atoms with van der Waals surface area (Å²) in [6.07, 6.45) is -1.65.